The molecule has 0 aromatic heterocycles. The summed E-state index contributed by atoms with van der Waals surface area (Å²) in [6, 6.07) is 0. The van der Waals surface area contributed by atoms with Gasteiger partial charge in [-0.3, -0.25) is 0 Å². The zero-order valence-electron chi connectivity index (χ0n) is 7.75. The van der Waals surface area contributed by atoms with Crippen molar-refractivity contribution in [1.82, 2.24) is 0 Å². The highest BCUT2D eigenvalue weighted by Gasteiger charge is 2.14. The molecule has 0 saturated carbocycles. The third-order valence-electron chi connectivity index (χ3n) is 2.07. The van der Waals surface area contributed by atoms with Crippen LogP contribution in [0.1, 0.15) is 19.8 Å². The molecule has 0 N–H and O–H groups in total. The highest BCUT2D eigenvalue weighted by Crippen LogP contribution is 2.19. The smallest absolute Gasteiger partial charge is 0.167 e. The Morgan fingerprint density at radius 2 is 2.17 bits per heavy atom. The third-order valence-corrected chi connectivity index (χ3v) is 3.76. The lowest BCUT2D eigenvalue weighted by atomic mass is 10.2. The highest BCUT2D eigenvalue weighted by molar-refractivity contribution is 6.29. The van der Waals surface area contributed by atoms with Crippen molar-refractivity contribution in [1.29, 1.82) is 0 Å². The van der Waals surface area contributed by atoms with Crippen molar-refractivity contribution < 1.29 is 13.9 Å². The zero-order chi connectivity index (χ0) is 8.65. The zero-order valence-corrected chi connectivity index (χ0v) is 9.17. The van der Waals surface area contributed by atoms with Gasteiger partial charge in [0.05, 0.1) is 0 Å². The van der Waals surface area contributed by atoms with E-state index >= 15 is 0 Å². The predicted octanol–water partition coefficient (Wildman–Crippen LogP) is 0.680. The Balaban J connectivity index is 1.91. The molecule has 1 saturated heterocycles. The van der Waals surface area contributed by atoms with Crippen molar-refractivity contribution in [2.24, 2.45) is 0 Å². The van der Waals surface area contributed by atoms with Crippen LogP contribution in [0.4, 0.5) is 0 Å². The van der Waals surface area contributed by atoms with E-state index < -0.39 is 0 Å². The molecule has 72 valence electrons. The Kier molecular flexibility index (Phi) is 5.59. The van der Waals surface area contributed by atoms with Crippen LogP contribution in [0, 0.1) is 0 Å². The second kappa shape index (κ2) is 6.60. The molecule has 0 radical (unpaired) electrons. The summed E-state index contributed by atoms with van der Waals surface area (Å²) in [5.41, 5.74) is 0.819. The molecule has 1 aliphatic heterocycles. The summed E-state index contributed by atoms with van der Waals surface area (Å²) in [5.74, 6) is 0. The summed E-state index contributed by atoms with van der Waals surface area (Å²) < 4.78 is 15.8. The summed E-state index contributed by atoms with van der Waals surface area (Å²) in [6.45, 7) is 5.09. The molecule has 12 heavy (non-hydrogen) atoms. The summed E-state index contributed by atoms with van der Waals surface area (Å²) in [6.07, 6.45) is 2.39. The molecule has 0 spiro atoms. The fourth-order valence-electron chi connectivity index (χ4n) is 1.27. The molecule has 0 bridgehead atoms. The van der Waals surface area contributed by atoms with Gasteiger partial charge in [0.15, 0.2) is 9.76 Å². The van der Waals surface area contributed by atoms with Gasteiger partial charge < -0.3 is 13.9 Å². The molecule has 3 nitrogen and oxygen atoms in total. The lowest BCUT2D eigenvalue weighted by Gasteiger charge is -2.20. The van der Waals surface area contributed by atoms with Crippen LogP contribution in [-0.4, -0.2) is 36.4 Å². The number of hydrogen-bond acceptors (Lipinski definition) is 3. The van der Waals surface area contributed by atoms with Crippen molar-refractivity contribution in [3.05, 3.63) is 0 Å². The molecule has 0 amide bonds. The van der Waals surface area contributed by atoms with Gasteiger partial charge in [-0.1, -0.05) is 0 Å². The van der Waals surface area contributed by atoms with Gasteiger partial charge in [0, 0.05) is 19.8 Å². The quantitative estimate of drug-likeness (QED) is 0.362. The Morgan fingerprint density at radius 3 is 2.83 bits per heavy atom. The van der Waals surface area contributed by atoms with Gasteiger partial charge in [-0.15, -0.1) is 0 Å². The Labute approximate surface area is 76.3 Å². The highest BCUT2D eigenvalue weighted by atomic mass is 28.2. The molecule has 1 heterocycles. The van der Waals surface area contributed by atoms with E-state index in [0.29, 0.717) is 6.79 Å². The maximum atomic E-state index is 5.47. The van der Waals surface area contributed by atoms with Gasteiger partial charge in [-0.05, 0) is 25.3 Å². The van der Waals surface area contributed by atoms with Gasteiger partial charge in [-0.2, -0.15) is 0 Å². The van der Waals surface area contributed by atoms with E-state index in [4.69, 9.17) is 13.9 Å². The molecular weight excluding hydrogens is 172 g/mol. The van der Waals surface area contributed by atoms with E-state index in [1.54, 1.807) is 0 Å². The van der Waals surface area contributed by atoms with E-state index in [1.807, 2.05) is 6.92 Å². The third kappa shape index (κ3) is 4.20. The van der Waals surface area contributed by atoms with Crippen molar-refractivity contribution in [2.75, 3.05) is 26.6 Å². The van der Waals surface area contributed by atoms with E-state index in [9.17, 15) is 0 Å². The van der Waals surface area contributed by atoms with Crippen LogP contribution >= 0.6 is 0 Å². The topological polar surface area (TPSA) is 27.7 Å². The number of ether oxygens (including phenoxy) is 2. The average Bonchev–Trinajstić information content (AvgIpc) is 2.14. The normalized spacial score (nSPS) is 20.8. The fourth-order valence-corrected chi connectivity index (χ4v) is 2.48. The Bertz CT molecular complexity index is 104. The minimum Gasteiger partial charge on any atom is -0.402 e. The van der Waals surface area contributed by atoms with Crippen molar-refractivity contribution >= 4 is 9.76 Å². The van der Waals surface area contributed by atoms with Gasteiger partial charge in [0.25, 0.3) is 0 Å². The first-order valence-electron chi connectivity index (χ1n) is 4.66. The molecule has 1 rings (SSSR count). The van der Waals surface area contributed by atoms with E-state index in [2.05, 4.69) is 0 Å². The van der Waals surface area contributed by atoms with Crippen LogP contribution in [0.2, 0.25) is 5.54 Å². The van der Waals surface area contributed by atoms with Crippen molar-refractivity contribution in [3.63, 3.8) is 0 Å². The predicted molar refractivity (Wildman–Crippen MR) is 49.9 cm³/mol. The molecule has 0 aliphatic carbocycles. The van der Waals surface area contributed by atoms with Crippen LogP contribution in [0.25, 0.3) is 0 Å². The maximum Gasteiger partial charge on any atom is 0.167 e. The SMILES string of the molecule is CCOCO[SiH2]C1CCOCC1. The molecular formula is C8H18O3Si. The van der Waals surface area contributed by atoms with Crippen LogP contribution in [0.3, 0.4) is 0 Å². The van der Waals surface area contributed by atoms with Gasteiger partial charge in [0.1, 0.15) is 6.79 Å². The fraction of sp³-hybridized carbons (Fsp3) is 1.00. The van der Waals surface area contributed by atoms with Crippen LogP contribution < -0.4 is 0 Å². The van der Waals surface area contributed by atoms with Crippen molar-refractivity contribution in [3.8, 4) is 0 Å². The lowest BCUT2D eigenvalue weighted by molar-refractivity contribution is 0.0202. The Morgan fingerprint density at radius 1 is 1.42 bits per heavy atom. The van der Waals surface area contributed by atoms with Gasteiger partial charge in [-0.25, -0.2) is 0 Å². The van der Waals surface area contributed by atoms with Crippen LogP contribution in [0.5, 0.6) is 0 Å². The average molecular weight is 190 g/mol. The molecule has 0 aromatic carbocycles. The first kappa shape index (κ1) is 10.2. The minimum absolute atomic E-state index is 0.360. The first-order chi connectivity index (χ1) is 5.93. The van der Waals surface area contributed by atoms with Crippen molar-refractivity contribution in [2.45, 2.75) is 25.3 Å². The summed E-state index contributed by atoms with van der Waals surface area (Å²) in [7, 11) is -0.360. The van der Waals surface area contributed by atoms with E-state index in [-0.39, 0.29) is 9.76 Å². The molecule has 4 heteroatoms. The first-order valence-corrected chi connectivity index (χ1v) is 6.06. The minimum atomic E-state index is -0.360. The van der Waals surface area contributed by atoms with Crippen LogP contribution in [0.15, 0.2) is 0 Å². The molecule has 1 aliphatic rings. The lowest BCUT2D eigenvalue weighted by Crippen LogP contribution is -2.19. The maximum absolute atomic E-state index is 5.47. The molecule has 0 unspecified atom stereocenters. The van der Waals surface area contributed by atoms with Gasteiger partial charge >= 0.3 is 0 Å². The van der Waals surface area contributed by atoms with Crippen LogP contribution in [-0.2, 0) is 13.9 Å². The Hall–Kier alpha value is 0.0969. The monoisotopic (exact) mass is 190 g/mol. The second-order valence-corrected chi connectivity index (χ2v) is 4.93. The summed E-state index contributed by atoms with van der Waals surface area (Å²) in [4.78, 5) is 0. The van der Waals surface area contributed by atoms with E-state index in [1.165, 1.54) is 12.8 Å². The van der Waals surface area contributed by atoms with E-state index in [0.717, 1.165) is 25.4 Å². The number of hydrogen-bond donors (Lipinski definition) is 0. The molecule has 1 fully saturated rings. The number of rotatable bonds is 5. The molecule has 0 aromatic rings. The summed E-state index contributed by atoms with van der Waals surface area (Å²) in [5, 5.41) is 0. The molecule has 0 atom stereocenters. The van der Waals surface area contributed by atoms with Gasteiger partial charge in [0.2, 0.25) is 0 Å². The standard InChI is InChI=1S/C8H18O3Si/c1-2-9-7-11-12-8-3-5-10-6-4-8/h8H,2-7,12H2,1H3. The largest absolute Gasteiger partial charge is 0.402 e. The second-order valence-electron chi connectivity index (χ2n) is 3.04. The summed E-state index contributed by atoms with van der Waals surface area (Å²) >= 11 is 0.